The molecular weight excluding hydrogens is 276 g/mol. The van der Waals surface area contributed by atoms with Crippen LogP contribution in [0.25, 0.3) is 0 Å². The van der Waals surface area contributed by atoms with E-state index in [0.717, 1.165) is 16.8 Å². The van der Waals surface area contributed by atoms with Gasteiger partial charge in [-0.2, -0.15) is 0 Å². The molecule has 0 aliphatic rings. The van der Waals surface area contributed by atoms with E-state index in [1.165, 1.54) is 0 Å². The number of carbonyl (C=O) groups excluding carboxylic acids is 2. The summed E-state index contributed by atoms with van der Waals surface area (Å²) >= 11 is 0. The first-order valence-electron chi connectivity index (χ1n) is 7.13. The van der Waals surface area contributed by atoms with E-state index in [1.807, 2.05) is 62.3 Å². The second kappa shape index (κ2) is 6.89. The van der Waals surface area contributed by atoms with Crippen molar-refractivity contribution >= 4 is 17.4 Å². The van der Waals surface area contributed by atoms with E-state index in [0.29, 0.717) is 12.1 Å². The fourth-order valence-electron chi connectivity index (χ4n) is 2.04. The van der Waals surface area contributed by atoms with E-state index in [2.05, 4.69) is 5.32 Å². The third-order valence-electron chi connectivity index (χ3n) is 3.40. The van der Waals surface area contributed by atoms with Gasteiger partial charge in [-0.3, -0.25) is 9.59 Å². The highest BCUT2D eigenvalue weighted by atomic mass is 16.2. The van der Waals surface area contributed by atoms with Crippen LogP contribution < -0.4 is 10.2 Å². The summed E-state index contributed by atoms with van der Waals surface area (Å²) in [5, 5.41) is 2.67. The first-order chi connectivity index (χ1) is 10.5. The zero-order chi connectivity index (χ0) is 16.1. The monoisotopic (exact) mass is 296 g/mol. The lowest BCUT2D eigenvalue weighted by molar-refractivity contribution is -0.117. The molecule has 4 heteroatoms. The van der Waals surface area contributed by atoms with Gasteiger partial charge in [-0.15, -0.1) is 0 Å². The Morgan fingerprint density at radius 3 is 2.36 bits per heavy atom. The predicted molar refractivity (Wildman–Crippen MR) is 88.1 cm³/mol. The normalized spacial score (nSPS) is 10.1. The van der Waals surface area contributed by atoms with Crippen LogP contribution in [-0.4, -0.2) is 25.8 Å². The number of ketones is 1. The fourth-order valence-corrected chi connectivity index (χ4v) is 2.04. The molecule has 22 heavy (non-hydrogen) atoms. The van der Waals surface area contributed by atoms with E-state index >= 15 is 0 Å². The second-order valence-electron chi connectivity index (χ2n) is 5.44. The minimum atomic E-state index is -0.584. The molecule has 0 aromatic heterocycles. The zero-order valence-corrected chi connectivity index (χ0v) is 13.1. The molecule has 0 aliphatic heterocycles. The molecule has 2 rings (SSSR count). The van der Waals surface area contributed by atoms with Crippen LogP contribution in [0.15, 0.2) is 48.5 Å². The molecule has 0 radical (unpaired) electrons. The molecule has 0 spiro atoms. The molecule has 4 nitrogen and oxygen atoms in total. The number of aryl methyl sites for hydroxylation is 1. The SMILES string of the molecule is Cc1ccc(C(=O)C(=O)NCc2cccc(N(C)C)c2)cc1. The molecule has 2 aromatic rings. The van der Waals surface area contributed by atoms with Gasteiger partial charge in [-0.25, -0.2) is 0 Å². The van der Waals surface area contributed by atoms with Crippen molar-refractivity contribution in [3.63, 3.8) is 0 Å². The smallest absolute Gasteiger partial charge is 0.292 e. The molecule has 1 N–H and O–H groups in total. The van der Waals surface area contributed by atoms with Crippen molar-refractivity contribution in [2.24, 2.45) is 0 Å². The van der Waals surface area contributed by atoms with Gasteiger partial charge in [0.05, 0.1) is 0 Å². The number of hydrogen-bond donors (Lipinski definition) is 1. The lowest BCUT2D eigenvalue weighted by atomic mass is 10.1. The van der Waals surface area contributed by atoms with E-state index in [9.17, 15) is 9.59 Å². The quantitative estimate of drug-likeness (QED) is 0.681. The Labute approximate surface area is 130 Å². The van der Waals surface area contributed by atoms with Crippen molar-refractivity contribution in [1.29, 1.82) is 0 Å². The van der Waals surface area contributed by atoms with Gasteiger partial charge in [0, 0.05) is 31.9 Å². The van der Waals surface area contributed by atoms with Gasteiger partial charge in [0.25, 0.3) is 5.91 Å². The van der Waals surface area contributed by atoms with Crippen LogP contribution in [0.3, 0.4) is 0 Å². The largest absolute Gasteiger partial charge is 0.378 e. The maximum atomic E-state index is 12.0. The standard InChI is InChI=1S/C18H20N2O2/c1-13-7-9-15(10-8-13)17(21)18(22)19-12-14-5-4-6-16(11-14)20(2)3/h4-11H,12H2,1-3H3,(H,19,22). The summed E-state index contributed by atoms with van der Waals surface area (Å²) in [4.78, 5) is 26.0. The second-order valence-corrected chi connectivity index (χ2v) is 5.44. The summed E-state index contributed by atoms with van der Waals surface area (Å²) in [6.07, 6.45) is 0. The Hall–Kier alpha value is -2.62. The summed E-state index contributed by atoms with van der Waals surface area (Å²) in [5.41, 5.74) is 3.47. The fraction of sp³-hybridized carbons (Fsp3) is 0.222. The first kappa shape index (κ1) is 15.8. The van der Waals surface area contributed by atoms with Crippen LogP contribution in [0, 0.1) is 6.92 Å². The van der Waals surface area contributed by atoms with Gasteiger partial charge in [0.1, 0.15) is 0 Å². The molecule has 0 bridgehead atoms. The maximum absolute atomic E-state index is 12.0. The Morgan fingerprint density at radius 1 is 1.05 bits per heavy atom. The predicted octanol–water partition coefficient (Wildman–Crippen LogP) is 2.56. The number of amides is 1. The summed E-state index contributed by atoms with van der Waals surface area (Å²) in [6, 6.07) is 14.8. The summed E-state index contributed by atoms with van der Waals surface area (Å²) in [6.45, 7) is 2.27. The Kier molecular flexibility index (Phi) is 4.94. The number of anilines is 1. The topological polar surface area (TPSA) is 49.4 Å². The number of hydrogen-bond acceptors (Lipinski definition) is 3. The number of Topliss-reactive ketones (excluding diaryl/α,β-unsaturated/α-hetero) is 1. The van der Waals surface area contributed by atoms with Gasteiger partial charge < -0.3 is 10.2 Å². The first-order valence-corrected chi connectivity index (χ1v) is 7.13. The molecule has 0 unspecified atom stereocenters. The van der Waals surface area contributed by atoms with Crippen molar-refractivity contribution < 1.29 is 9.59 Å². The van der Waals surface area contributed by atoms with Gasteiger partial charge in [0.15, 0.2) is 0 Å². The van der Waals surface area contributed by atoms with Crippen LogP contribution >= 0.6 is 0 Å². The number of benzene rings is 2. The number of carbonyl (C=O) groups is 2. The molecule has 0 heterocycles. The summed E-state index contributed by atoms with van der Waals surface area (Å²) in [5.74, 6) is -1.09. The van der Waals surface area contributed by atoms with Crippen molar-refractivity contribution in [1.82, 2.24) is 5.32 Å². The van der Waals surface area contributed by atoms with Gasteiger partial charge in [-0.05, 0) is 24.6 Å². The minimum Gasteiger partial charge on any atom is -0.378 e. The Balaban J connectivity index is 1.99. The Morgan fingerprint density at radius 2 is 1.73 bits per heavy atom. The van der Waals surface area contributed by atoms with Crippen LogP contribution in [0.2, 0.25) is 0 Å². The summed E-state index contributed by atoms with van der Waals surface area (Å²) < 4.78 is 0. The van der Waals surface area contributed by atoms with Crippen molar-refractivity contribution in [3.05, 3.63) is 65.2 Å². The molecule has 0 saturated carbocycles. The third-order valence-corrected chi connectivity index (χ3v) is 3.40. The molecule has 0 atom stereocenters. The molecule has 2 aromatic carbocycles. The number of rotatable bonds is 5. The average molecular weight is 296 g/mol. The lowest BCUT2D eigenvalue weighted by Crippen LogP contribution is -2.30. The van der Waals surface area contributed by atoms with Crippen molar-refractivity contribution in [2.45, 2.75) is 13.5 Å². The van der Waals surface area contributed by atoms with E-state index in [-0.39, 0.29) is 0 Å². The Bertz CT molecular complexity index is 676. The number of nitrogens with zero attached hydrogens (tertiary/aromatic N) is 1. The average Bonchev–Trinajstić information content (AvgIpc) is 2.53. The zero-order valence-electron chi connectivity index (χ0n) is 13.1. The van der Waals surface area contributed by atoms with Crippen LogP contribution in [0.1, 0.15) is 21.5 Å². The maximum Gasteiger partial charge on any atom is 0.292 e. The van der Waals surface area contributed by atoms with Crippen LogP contribution in [0.5, 0.6) is 0 Å². The van der Waals surface area contributed by atoms with E-state index in [1.54, 1.807) is 12.1 Å². The van der Waals surface area contributed by atoms with Gasteiger partial charge in [-0.1, -0.05) is 42.0 Å². The van der Waals surface area contributed by atoms with Gasteiger partial charge >= 0.3 is 0 Å². The third kappa shape index (κ3) is 3.95. The lowest BCUT2D eigenvalue weighted by Gasteiger charge is -2.13. The van der Waals surface area contributed by atoms with Gasteiger partial charge in [0.2, 0.25) is 5.78 Å². The summed E-state index contributed by atoms with van der Waals surface area (Å²) in [7, 11) is 3.91. The molecule has 0 fully saturated rings. The highest BCUT2D eigenvalue weighted by Crippen LogP contribution is 2.13. The minimum absolute atomic E-state index is 0.331. The molecule has 0 saturated heterocycles. The molecular formula is C18H20N2O2. The van der Waals surface area contributed by atoms with Crippen LogP contribution in [-0.2, 0) is 11.3 Å². The number of nitrogens with one attached hydrogen (secondary N) is 1. The highest BCUT2D eigenvalue weighted by Gasteiger charge is 2.15. The van der Waals surface area contributed by atoms with Crippen molar-refractivity contribution in [3.8, 4) is 0 Å². The van der Waals surface area contributed by atoms with Crippen LogP contribution in [0.4, 0.5) is 5.69 Å². The van der Waals surface area contributed by atoms with E-state index < -0.39 is 11.7 Å². The molecule has 1 amide bonds. The molecule has 0 aliphatic carbocycles. The van der Waals surface area contributed by atoms with Crippen molar-refractivity contribution in [2.75, 3.05) is 19.0 Å². The highest BCUT2D eigenvalue weighted by molar-refractivity contribution is 6.42. The molecule has 114 valence electrons. The van der Waals surface area contributed by atoms with E-state index in [4.69, 9.17) is 0 Å².